The zero-order valence-corrected chi connectivity index (χ0v) is 14.0. The molecule has 0 bridgehead atoms. The van der Waals surface area contributed by atoms with E-state index in [1.165, 1.54) is 0 Å². The Kier molecular flexibility index (Phi) is 7.44. The molecule has 181 valence electrons. The molecule has 0 aromatic carbocycles. The largest absolute Gasteiger partial charge is 0.460 e. The van der Waals surface area contributed by atoms with Crippen LogP contribution in [-0.4, -0.2) is 47.6 Å². The molecule has 17 heteroatoms. The van der Waals surface area contributed by atoms with Crippen LogP contribution in [0.25, 0.3) is 0 Å². The van der Waals surface area contributed by atoms with E-state index in [0.29, 0.717) is 0 Å². The molecule has 0 unspecified atom stereocenters. The summed E-state index contributed by atoms with van der Waals surface area (Å²) in [6.07, 6.45) is -12.0. The Morgan fingerprint density at radius 3 is 1.00 bits per heavy atom. The van der Waals surface area contributed by atoms with Gasteiger partial charge in [-0.3, -0.25) is 0 Å². The number of alkyl halides is 17. The second-order valence-electron chi connectivity index (χ2n) is 5.96. The van der Waals surface area contributed by atoms with Crippen LogP contribution in [0.4, 0.5) is 74.6 Å². The smallest absolute Gasteiger partial charge is 0.200 e. The van der Waals surface area contributed by atoms with Crippen LogP contribution in [0.15, 0.2) is 0 Å². The lowest BCUT2D eigenvalue weighted by atomic mass is 9.88. The summed E-state index contributed by atoms with van der Waals surface area (Å²) in [5, 5.41) is 0. The first-order chi connectivity index (χ1) is 12.8. The molecule has 1 radical (unpaired) electrons. The van der Waals surface area contributed by atoms with Gasteiger partial charge in [0.25, 0.3) is 0 Å². The Balaban J connectivity index is 6.48. The number of unbranched alkanes of at least 4 members (excludes halogenated alkanes) is 2. The molecule has 0 fully saturated rings. The van der Waals surface area contributed by atoms with Crippen LogP contribution < -0.4 is 0 Å². The summed E-state index contributed by atoms with van der Waals surface area (Å²) < 4.78 is 220. The van der Waals surface area contributed by atoms with Crippen molar-refractivity contribution in [3.63, 3.8) is 0 Å². The maximum absolute atomic E-state index is 13.4. The summed E-state index contributed by atoms with van der Waals surface area (Å²) in [7, 11) is 0. The van der Waals surface area contributed by atoms with Gasteiger partial charge in [0.2, 0.25) is 0 Å². The first-order valence-electron chi connectivity index (χ1n) is 7.32. The van der Waals surface area contributed by atoms with Gasteiger partial charge in [-0.15, -0.1) is 0 Å². The van der Waals surface area contributed by atoms with Crippen molar-refractivity contribution >= 4 is 0 Å². The Hall–Kier alpha value is -1.19. The van der Waals surface area contributed by atoms with Crippen molar-refractivity contribution < 1.29 is 74.6 Å². The molecule has 0 aromatic rings. The Bertz CT molecular complexity index is 585. The van der Waals surface area contributed by atoms with E-state index in [0.717, 1.165) is 0 Å². The van der Waals surface area contributed by atoms with Gasteiger partial charge in [-0.2, -0.15) is 74.6 Å². The topological polar surface area (TPSA) is 0 Å². The molecule has 0 nitrogen and oxygen atoms in total. The summed E-state index contributed by atoms with van der Waals surface area (Å²) in [6, 6.07) is 0. The second kappa shape index (κ2) is 7.74. The molecule has 0 amide bonds. The second-order valence-corrected chi connectivity index (χ2v) is 5.96. The first kappa shape index (κ1) is 28.8. The molecular weight excluding hydrogens is 479 g/mol. The number of halogens is 17. The lowest BCUT2D eigenvalue weighted by Gasteiger charge is -2.42. The maximum atomic E-state index is 13.4. The lowest BCUT2D eigenvalue weighted by molar-refractivity contribution is -0.461. The minimum atomic E-state index is -8.57. The molecule has 30 heavy (non-hydrogen) atoms. The summed E-state index contributed by atoms with van der Waals surface area (Å²) in [4.78, 5) is 0. The third-order valence-corrected chi connectivity index (χ3v) is 3.78. The third kappa shape index (κ3) is 3.88. The number of rotatable bonds is 10. The highest BCUT2D eigenvalue weighted by molar-refractivity contribution is 5.15. The fourth-order valence-electron chi connectivity index (χ4n) is 1.88. The Morgan fingerprint density at radius 2 is 0.700 bits per heavy atom. The van der Waals surface area contributed by atoms with E-state index in [1.54, 1.807) is 0 Å². The van der Waals surface area contributed by atoms with Gasteiger partial charge < -0.3 is 0 Å². The number of hydrogen-bond donors (Lipinski definition) is 0. The molecule has 0 aliphatic carbocycles. The van der Waals surface area contributed by atoms with Crippen LogP contribution in [-0.2, 0) is 0 Å². The minimum absolute atomic E-state index is 0.273. The standard InChI is InChI=1S/C13H10F17/c1-2-3-4-5-6(14,15)7(16,17)8(18,19)9(20,21)10(22,23)11(24,25)12(26,27)13(28,29)30/h1-5H2. The van der Waals surface area contributed by atoms with Crippen molar-refractivity contribution in [2.75, 3.05) is 0 Å². The minimum Gasteiger partial charge on any atom is -0.200 e. The average molecular weight is 489 g/mol. The van der Waals surface area contributed by atoms with Gasteiger partial charge in [0.1, 0.15) is 0 Å². The first-order valence-corrected chi connectivity index (χ1v) is 7.32. The molecule has 0 rings (SSSR count). The SMILES string of the molecule is [CH2]CCCCC(F)(F)C(F)(F)C(F)(F)C(F)(F)C(F)(F)C(F)(F)C(F)(F)C(F)(F)F. The Labute approximate surface area is 156 Å². The van der Waals surface area contributed by atoms with Crippen LogP contribution in [0, 0.1) is 6.92 Å². The molecule has 0 saturated heterocycles. The monoisotopic (exact) mass is 489 g/mol. The highest BCUT2D eigenvalue weighted by Crippen LogP contribution is 2.64. The van der Waals surface area contributed by atoms with Crippen LogP contribution in [0.3, 0.4) is 0 Å². The maximum Gasteiger partial charge on any atom is 0.460 e. The summed E-state index contributed by atoms with van der Waals surface area (Å²) >= 11 is 0. The van der Waals surface area contributed by atoms with E-state index < -0.39 is 66.9 Å². The van der Waals surface area contributed by atoms with Gasteiger partial charge in [-0.25, -0.2) is 0 Å². The molecule has 0 saturated carbocycles. The Morgan fingerprint density at radius 1 is 0.400 bits per heavy atom. The summed E-state index contributed by atoms with van der Waals surface area (Å²) in [6.45, 7) is 3.01. The van der Waals surface area contributed by atoms with E-state index in [9.17, 15) is 74.6 Å². The van der Waals surface area contributed by atoms with E-state index in [2.05, 4.69) is 6.92 Å². The molecule has 0 heterocycles. The lowest BCUT2D eigenvalue weighted by Crippen LogP contribution is -2.74. The zero-order valence-electron chi connectivity index (χ0n) is 14.0. The predicted octanol–water partition coefficient (Wildman–Crippen LogP) is 7.39. The van der Waals surface area contributed by atoms with Crippen molar-refractivity contribution in [3.8, 4) is 0 Å². The van der Waals surface area contributed by atoms with Gasteiger partial charge in [-0.1, -0.05) is 19.8 Å². The van der Waals surface area contributed by atoms with Gasteiger partial charge in [0.05, 0.1) is 0 Å². The van der Waals surface area contributed by atoms with Gasteiger partial charge in [0, 0.05) is 6.42 Å². The normalized spacial score (nSPS) is 16.2. The van der Waals surface area contributed by atoms with Crippen molar-refractivity contribution in [3.05, 3.63) is 6.92 Å². The van der Waals surface area contributed by atoms with Crippen molar-refractivity contribution in [2.24, 2.45) is 0 Å². The van der Waals surface area contributed by atoms with Gasteiger partial charge in [-0.05, 0) is 6.42 Å². The van der Waals surface area contributed by atoms with Crippen molar-refractivity contribution in [1.29, 1.82) is 0 Å². The number of hydrogen-bond acceptors (Lipinski definition) is 0. The average Bonchev–Trinajstić information content (AvgIpc) is 2.52. The molecule has 0 aliphatic rings. The van der Waals surface area contributed by atoms with Crippen LogP contribution in [0.5, 0.6) is 0 Å². The van der Waals surface area contributed by atoms with Crippen LogP contribution in [0.2, 0.25) is 0 Å². The predicted molar refractivity (Wildman–Crippen MR) is 64.5 cm³/mol. The van der Waals surface area contributed by atoms with Crippen LogP contribution in [0.1, 0.15) is 25.7 Å². The molecule has 0 aliphatic heterocycles. The summed E-state index contributed by atoms with van der Waals surface area (Å²) in [5.74, 6) is -55.7. The molecule has 0 aromatic heterocycles. The summed E-state index contributed by atoms with van der Waals surface area (Å²) in [5.41, 5.74) is 0. The van der Waals surface area contributed by atoms with E-state index >= 15 is 0 Å². The van der Waals surface area contributed by atoms with E-state index in [4.69, 9.17) is 0 Å². The highest BCUT2D eigenvalue weighted by Gasteiger charge is 2.95. The molecular formula is C13H10F17. The molecule has 0 N–H and O–H groups in total. The van der Waals surface area contributed by atoms with E-state index in [1.807, 2.05) is 0 Å². The van der Waals surface area contributed by atoms with Gasteiger partial charge in [0.15, 0.2) is 0 Å². The van der Waals surface area contributed by atoms with E-state index in [-0.39, 0.29) is 6.42 Å². The molecule has 0 atom stereocenters. The zero-order chi connectivity index (χ0) is 24.8. The van der Waals surface area contributed by atoms with Crippen molar-refractivity contribution in [2.45, 2.75) is 73.3 Å². The van der Waals surface area contributed by atoms with Gasteiger partial charge >= 0.3 is 47.6 Å². The molecule has 0 spiro atoms. The highest BCUT2D eigenvalue weighted by atomic mass is 19.4. The fraction of sp³-hybridized carbons (Fsp3) is 0.923. The third-order valence-electron chi connectivity index (χ3n) is 3.78. The van der Waals surface area contributed by atoms with Crippen LogP contribution >= 0.6 is 0 Å². The quantitative estimate of drug-likeness (QED) is 0.222. The van der Waals surface area contributed by atoms with Crippen molar-refractivity contribution in [1.82, 2.24) is 0 Å². The fourth-order valence-corrected chi connectivity index (χ4v) is 1.88.